The molecule has 0 saturated heterocycles. The number of hydrogen-bond acceptors (Lipinski definition) is 4. The van der Waals surface area contributed by atoms with Crippen molar-refractivity contribution in [1.82, 2.24) is 9.95 Å². The minimum absolute atomic E-state index is 1.14. The van der Waals surface area contributed by atoms with E-state index in [0.29, 0.717) is 0 Å². The van der Waals surface area contributed by atoms with Gasteiger partial charge in [0.25, 0.3) is 0 Å². The van der Waals surface area contributed by atoms with Gasteiger partial charge in [-0.2, -0.15) is 0 Å². The molecule has 1 heterocycles. The van der Waals surface area contributed by atoms with Crippen LogP contribution in [0.2, 0.25) is 0 Å². The number of allylic oxidation sites excluding steroid dienone is 1. The Morgan fingerprint density at radius 3 is 2.39 bits per heavy atom. The van der Waals surface area contributed by atoms with E-state index in [-0.39, 0.29) is 0 Å². The number of aryl methyl sites for hydroxylation is 1. The topological polar surface area (TPSA) is 41.3 Å². The van der Waals surface area contributed by atoms with Gasteiger partial charge in [0.05, 0.1) is 0 Å². The summed E-state index contributed by atoms with van der Waals surface area (Å²) in [5, 5.41) is 0. The van der Waals surface area contributed by atoms with E-state index >= 15 is 0 Å². The van der Waals surface area contributed by atoms with Gasteiger partial charge < -0.3 is 5.43 Å². The first-order chi connectivity index (χ1) is 8.84. The van der Waals surface area contributed by atoms with Gasteiger partial charge in [0, 0.05) is 11.1 Å². The molecule has 4 heteroatoms. The Balaban J connectivity index is 1.49. The van der Waals surface area contributed by atoms with E-state index in [1.54, 1.807) is 16.5 Å². The van der Waals surface area contributed by atoms with Crippen molar-refractivity contribution in [3.05, 3.63) is 47.0 Å². The number of unbranched alkanes of at least 4 members (excludes halogenated alkanes) is 3. The Labute approximate surface area is 114 Å². The summed E-state index contributed by atoms with van der Waals surface area (Å²) in [4.78, 5) is 1.33. The summed E-state index contributed by atoms with van der Waals surface area (Å²) in [6.45, 7) is 0. The van der Waals surface area contributed by atoms with Crippen LogP contribution in [0.3, 0.4) is 0 Å². The van der Waals surface area contributed by atoms with Gasteiger partial charge in [-0.15, -0.1) is 0 Å². The molecule has 1 aliphatic rings. The van der Waals surface area contributed by atoms with Gasteiger partial charge in [0.15, 0.2) is 0 Å². The lowest BCUT2D eigenvalue weighted by Gasteiger charge is -2.05. The van der Waals surface area contributed by atoms with Crippen LogP contribution in [0.25, 0.3) is 0 Å². The van der Waals surface area contributed by atoms with Crippen LogP contribution in [-0.2, 0) is 6.42 Å². The summed E-state index contributed by atoms with van der Waals surface area (Å²) in [6.07, 6.45) is 9.49. The molecular formula is C14H21N3S. The van der Waals surface area contributed by atoms with Gasteiger partial charge in [-0.1, -0.05) is 47.7 Å². The van der Waals surface area contributed by atoms with E-state index in [0.717, 1.165) is 6.42 Å². The zero-order valence-corrected chi connectivity index (χ0v) is 11.5. The normalized spacial score (nSPS) is 15.5. The van der Waals surface area contributed by atoms with Gasteiger partial charge in [-0.05, 0) is 43.2 Å². The summed E-state index contributed by atoms with van der Waals surface area (Å²) >= 11 is 1.59. The number of hydrogen-bond donors (Lipinski definition) is 2. The van der Waals surface area contributed by atoms with Crippen molar-refractivity contribution in [2.45, 2.75) is 38.5 Å². The zero-order valence-electron chi connectivity index (χ0n) is 10.6. The molecule has 0 amide bonds. The lowest BCUT2D eigenvalue weighted by atomic mass is 10.1. The molecule has 0 radical (unpaired) electrons. The fourth-order valence-electron chi connectivity index (χ4n) is 2.06. The molecule has 0 atom stereocenters. The molecule has 1 aromatic carbocycles. The predicted octanol–water partition coefficient (Wildman–Crippen LogP) is 3.36. The second-order valence-electron chi connectivity index (χ2n) is 4.56. The summed E-state index contributed by atoms with van der Waals surface area (Å²) < 4.78 is 1.55. The first kappa shape index (κ1) is 13.5. The molecule has 1 aliphatic heterocycles. The number of hydrazine groups is 2. The van der Waals surface area contributed by atoms with Crippen LogP contribution in [0, 0.1) is 0 Å². The highest BCUT2D eigenvalue weighted by molar-refractivity contribution is 8.00. The van der Waals surface area contributed by atoms with Gasteiger partial charge in [-0.25, -0.2) is 5.84 Å². The van der Waals surface area contributed by atoms with Crippen LogP contribution in [0.5, 0.6) is 0 Å². The van der Waals surface area contributed by atoms with Crippen LogP contribution in [0.15, 0.2) is 41.4 Å². The van der Waals surface area contributed by atoms with Crippen molar-refractivity contribution < 1.29 is 0 Å². The van der Waals surface area contributed by atoms with E-state index in [4.69, 9.17) is 5.84 Å². The quantitative estimate of drug-likeness (QED) is 0.449. The molecule has 0 aliphatic carbocycles. The maximum atomic E-state index is 5.57. The number of benzene rings is 1. The van der Waals surface area contributed by atoms with E-state index in [2.05, 4.69) is 35.8 Å². The SMILES string of the molecule is NN1NC=C(CCCCCCc2ccccc2)S1. The summed E-state index contributed by atoms with van der Waals surface area (Å²) in [7, 11) is 0. The summed E-state index contributed by atoms with van der Waals surface area (Å²) in [5.74, 6) is 5.57. The maximum absolute atomic E-state index is 5.57. The first-order valence-corrected chi connectivity index (χ1v) is 7.34. The molecule has 1 aromatic rings. The Kier molecular flexibility index (Phi) is 5.58. The van der Waals surface area contributed by atoms with Crippen molar-refractivity contribution in [3.63, 3.8) is 0 Å². The highest BCUT2D eigenvalue weighted by Crippen LogP contribution is 2.26. The fourth-order valence-corrected chi connectivity index (χ4v) is 2.76. The molecule has 0 fully saturated rings. The van der Waals surface area contributed by atoms with E-state index in [1.165, 1.54) is 42.6 Å². The van der Waals surface area contributed by atoms with Gasteiger partial charge in [-0.3, -0.25) is 0 Å². The molecule has 0 aromatic heterocycles. The maximum Gasteiger partial charge on any atom is 0.0260 e. The molecule has 18 heavy (non-hydrogen) atoms. The fraction of sp³-hybridized carbons (Fsp3) is 0.429. The Morgan fingerprint density at radius 2 is 1.72 bits per heavy atom. The third-order valence-electron chi connectivity index (χ3n) is 3.05. The van der Waals surface area contributed by atoms with E-state index < -0.39 is 0 Å². The minimum Gasteiger partial charge on any atom is -0.302 e. The van der Waals surface area contributed by atoms with Crippen LogP contribution in [-0.4, -0.2) is 4.52 Å². The van der Waals surface area contributed by atoms with E-state index in [1.807, 2.05) is 6.20 Å². The first-order valence-electron chi connectivity index (χ1n) is 6.56. The van der Waals surface area contributed by atoms with E-state index in [9.17, 15) is 0 Å². The van der Waals surface area contributed by atoms with Crippen molar-refractivity contribution >= 4 is 11.9 Å². The second-order valence-corrected chi connectivity index (χ2v) is 5.66. The lowest BCUT2D eigenvalue weighted by molar-refractivity contribution is 0.440. The van der Waals surface area contributed by atoms with Gasteiger partial charge in [0.2, 0.25) is 0 Å². The van der Waals surface area contributed by atoms with Gasteiger partial charge >= 0.3 is 0 Å². The Hall–Kier alpha value is -0.970. The van der Waals surface area contributed by atoms with Crippen LogP contribution >= 0.6 is 11.9 Å². The zero-order chi connectivity index (χ0) is 12.6. The minimum atomic E-state index is 1.14. The van der Waals surface area contributed by atoms with Crippen molar-refractivity contribution in [3.8, 4) is 0 Å². The summed E-state index contributed by atoms with van der Waals surface area (Å²) in [5.41, 5.74) is 4.41. The second kappa shape index (κ2) is 7.46. The smallest absolute Gasteiger partial charge is 0.0260 e. The molecule has 3 nitrogen and oxygen atoms in total. The highest BCUT2D eigenvalue weighted by atomic mass is 32.2. The molecule has 0 bridgehead atoms. The molecule has 3 N–H and O–H groups in total. The average molecular weight is 263 g/mol. The monoisotopic (exact) mass is 263 g/mol. The number of nitrogens with one attached hydrogen (secondary N) is 1. The van der Waals surface area contributed by atoms with Crippen molar-refractivity contribution in [1.29, 1.82) is 0 Å². The third kappa shape index (κ3) is 4.72. The van der Waals surface area contributed by atoms with Crippen LogP contribution < -0.4 is 11.3 Å². The van der Waals surface area contributed by atoms with Crippen LogP contribution in [0.4, 0.5) is 0 Å². The predicted molar refractivity (Wildman–Crippen MR) is 78.1 cm³/mol. The molecule has 0 saturated carbocycles. The number of nitrogens with zero attached hydrogens (tertiary/aromatic N) is 1. The molecule has 98 valence electrons. The lowest BCUT2D eigenvalue weighted by Crippen LogP contribution is -2.30. The summed E-state index contributed by atoms with van der Waals surface area (Å²) in [6, 6.07) is 10.7. The number of rotatable bonds is 7. The Bertz CT molecular complexity index is 378. The number of nitrogens with two attached hydrogens (primary N) is 1. The molecule has 2 rings (SSSR count). The van der Waals surface area contributed by atoms with Crippen LogP contribution in [0.1, 0.15) is 37.7 Å². The molecular weight excluding hydrogens is 242 g/mol. The average Bonchev–Trinajstić information content (AvgIpc) is 2.81. The van der Waals surface area contributed by atoms with Crippen molar-refractivity contribution in [2.24, 2.45) is 5.84 Å². The van der Waals surface area contributed by atoms with Gasteiger partial charge in [0.1, 0.15) is 0 Å². The third-order valence-corrected chi connectivity index (χ3v) is 3.91. The standard InChI is InChI=1S/C14H21N3S/c15-17-16-12-14(18-17)11-7-2-1-4-8-13-9-5-3-6-10-13/h3,5-6,9-10,12,16H,1-2,4,7-8,11,15H2. The van der Waals surface area contributed by atoms with Crippen molar-refractivity contribution in [2.75, 3.05) is 0 Å². The molecule has 0 unspecified atom stereocenters. The largest absolute Gasteiger partial charge is 0.302 e. The highest BCUT2D eigenvalue weighted by Gasteiger charge is 2.09. The molecule has 0 spiro atoms. The Morgan fingerprint density at radius 1 is 1.00 bits per heavy atom.